The molecule has 134 valence electrons. The molecule has 7 heteroatoms. The number of benzene rings is 1. The Morgan fingerprint density at radius 1 is 1.24 bits per heavy atom. The van der Waals surface area contributed by atoms with Gasteiger partial charge >= 0.3 is 5.97 Å². The van der Waals surface area contributed by atoms with Crippen LogP contribution in [0.5, 0.6) is 0 Å². The second-order valence-corrected chi connectivity index (χ2v) is 6.27. The first kappa shape index (κ1) is 18.6. The van der Waals surface area contributed by atoms with E-state index >= 15 is 0 Å². The van der Waals surface area contributed by atoms with Crippen molar-refractivity contribution >= 4 is 11.9 Å². The van der Waals surface area contributed by atoms with Crippen LogP contribution < -0.4 is 5.32 Å². The molecule has 1 atom stereocenters. The van der Waals surface area contributed by atoms with Gasteiger partial charge in [0.05, 0.1) is 13.3 Å². The Labute approximate surface area is 147 Å². The molecular formula is C18H24N4O3. The van der Waals surface area contributed by atoms with Gasteiger partial charge in [-0.2, -0.15) is 0 Å². The number of rotatable bonds is 8. The van der Waals surface area contributed by atoms with E-state index in [4.69, 9.17) is 0 Å². The van der Waals surface area contributed by atoms with Crippen molar-refractivity contribution in [3.8, 4) is 0 Å². The number of esters is 1. The normalized spacial score (nSPS) is 12.0. The number of aryl methyl sites for hydroxylation is 1. The molecule has 1 aromatic heterocycles. The zero-order chi connectivity index (χ0) is 18.2. The van der Waals surface area contributed by atoms with Crippen LogP contribution >= 0.6 is 0 Å². The fourth-order valence-electron chi connectivity index (χ4n) is 2.47. The van der Waals surface area contributed by atoms with Crippen molar-refractivity contribution in [1.29, 1.82) is 0 Å². The summed E-state index contributed by atoms with van der Waals surface area (Å²) in [5, 5.41) is 10.7. The highest BCUT2D eigenvalue weighted by Gasteiger charge is 2.19. The zero-order valence-electron chi connectivity index (χ0n) is 14.8. The maximum absolute atomic E-state index is 12.3. The molecule has 0 bridgehead atoms. The fourth-order valence-corrected chi connectivity index (χ4v) is 2.47. The minimum Gasteiger partial charge on any atom is -0.464 e. The van der Waals surface area contributed by atoms with Crippen molar-refractivity contribution in [3.63, 3.8) is 0 Å². The average molecular weight is 344 g/mol. The third-order valence-electron chi connectivity index (χ3n) is 3.73. The molecule has 1 N–H and O–H groups in total. The first-order valence-corrected chi connectivity index (χ1v) is 8.33. The Bertz CT molecular complexity index is 697. The standard InChI is InChI=1S/C18H24N4O3/c1-13(2)11-16(22-12-15(20-21-22)18(24)25-3)19-17(23)10-9-14-7-5-4-6-8-14/h4-8,12-13,16H,9-11H2,1-3H3,(H,19,23). The van der Waals surface area contributed by atoms with E-state index in [2.05, 4.69) is 34.2 Å². The summed E-state index contributed by atoms with van der Waals surface area (Å²) >= 11 is 0. The molecular weight excluding hydrogens is 320 g/mol. The number of ether oxygens (including phenoxy) is 1. The van der Waals surface area contributed by atoms with Crippen molar-refractivity contribution in [3.05, 3.63) is 47.8 Å². The Kier molecular flexibility index (Phi) is 6.68. The summed E-state index contributed by atoms with van der Waals surface area (Å²) in [4.78, 5) is 23.8. The minimum absolute atomic E-state index is 0.0652. The minimum atomic E-state index is -0.551. The maximum Gasteiger partial charge on any atom is 0.360 e. The highest BCUT2D eigenvalue weighted by molar-refractivity contribution is 5.86. The van der Waals surface area contributed by atoms with Crippen molar-refractivity contribution in [2.45, 2.75) is 39.3 Å². The third kappa shape index (κ3) is 5.70. The summed E-state index contributed by atoms with van der Waals surface area (Å²) in [5.74, 6) is -0.278. The van der Waals surface area contributed by atoms with Gasteiger partial charge in [0.15, 0.2) is 5.69 Å². The summed E-state index contributed by atoms with van der Waals surface area (Å²) in [6, 6.07) is 9.86. The van der Waals surface area contributed by atoms with Crippen LogP contribution in [0.25, 0.3) is 0 Å². The van der Waals surface area contributed by atoms with Crippen LogP contribution in [0.2, 0.25) is 0 Å². The van der Waals surface area contributed by atoms with E-state index in [1.54, 1.807) is 0 Å². The number of hydrogen-bond acceptors (Lipinski definition) is 5. The summed E-state index contributed by atoms with van der Waals surface area (Å²) in [6.45, 7) is 4.11. The molecule has 1 heterocycles. The Balaban J connectivity index is 2.00. The summed E-state index contributed by atoms with van der Waals surface area (Å²) < 4.78 is 6.14. The molecule has 7 nitrogen and oxygen atoms in total. The molecule has 0 aliphatic rings. The Hall–Kier alpha value is -2.70. The molecule has 25 heavy (non-hydrogen) atoms. The molecule has 2 aromatic rings. The number of nitrogens with zero attached hydrogens (tertiary/aromatic N) is 3. The smallest absolute Gasteiger partial charge is 0.360 e. The monoisotopic (exact) mass is 344 g/mol. The Morgan fingerprint density at radius 3 is 2.60 bits per heavy atom. The van der Waals surface area contributed by atoms with Crippen LogP contribution in [-0.2, 0) is 16.0 Å². The average Bonchev–Trinajstić information content (AvgIpc) is 3.09. The van der Waals surface area contributed by atoms with Gasteiger partial charge in [-0.15, -0.1) is 5.10 Å². The second-order valence-electron chi connectivity index (χ2n) is 6.27. The van der Waals surface area contributed by atoms with Gasteiger partial charge in [0.1, 0.15) is 6.17 Å². The first-order valence-electron chi connectivity index (χ1n) is 8.33. The molecule has 2 rings (SSSR count). The van der Waals surface area contributed by atoms with Gasteiger partial charge in [0, 0.05) is 6.42 Å². The summed E-state index contributed by atoms with van der Waals surface area (Å²) in [6.07, 6.45) is 2.88. The predicted octanol–water partition coefficient (Wildman–Crippen LogP) is 2.36. The fraction of sp³-hybridized carbons (Fsp3) is 0.444. The van der Waals surface area contributed by atoms with Gasteiger partial charge in [-0.05, 0) is 24.3 Å². The first-order chi connectivity index (χ1) is 12.0. The van der Waals surface area contributed by atoms with Crippen molar-refractivity contribution in [1.82, 2.24) is 20.3 Å². The molecule has 0 radical (unpaired) electrons. The van der Waals surface area contributed by atoms with E-state index in [1.165, 1.54) is 18.0 Å². The quantitative estimate of drug-likeness (QED) is 0.743. The molecule has 1 amide bonds. The topological polar surface area (TPSA) is 86.1 Å². The molecule has 0 aliphatic heterocycles. The van der Waals surface area contributed by atoms with Gasteiger partial charge < -0.3 is 10.1 Å². The lowest BCUT2D eigenvalue weighted by molar-refractivity contribution is -0.122. The number of nitrogens with one attached hydrogen (secondary N) is 1. The summed E-state index contributed by atoms with van der Waals surface area (Å²) in [5.41, 5.74) is 1.24. The van der Waals surface area contributed by atoms with Crippen molar-refractivity contribution in [2.75, 3.05) is 7.11 Å². The lowest BCUT2D eigenvalue weighted by Crippen LogP contribution is -2.34. The number of aromatic nitrogens is 3. The van der Waals surface area contributed by atoms with E-state index in [9.17, 15) is 9.59 Å². The van der Waals surface area contributed by atoms with E-state index in [1.807, 2.05) is 30.3 Å². The highest BCUT2D eigenvalue weighted by Crippen LogP contribution is 2.15. The summed E-state index contributed by atoms with van der Waals surface area (Å²) in [7, 11) is 1.29. The molecule has 0 aliphatic carbocycles. The van der Waals surface area contributed by atoms with Crippen molar-refractivity contribution < 1.29 is 14.3 Å². The largest absolute Gasteiger partial charge is 0.464 e. The van der Waals surface area contributed by atoms with E-state index in [-0.39, 0.29) is 17.8 Å². The van der Waals surface area contributed by atoms with Crippen LogP contribution in [0.4, 0.5) is 0 Å². The molecule has 0 saturated heterocycles. The van der Waals surface area contributed by atoms with Crippen LogP contribution in [0.15, 0.2) is 36.5 Å². The molecule has 0 spiro atoms. The van der Waals surface area contributed by atoms with Gasteiger partial charge in [0.25, 0.3) is 0 Å². The highest BCUT2D eigenvalue weighted by atomic mass is 16.5. The molecule has 1 unspecified atom stereocenters. The van der Waals surface area contributed by atoms with E-state index in [0.29, 0.717) is 25.2 Å². The van der Waals surface area contributed by atoms with Crippen molar-refractivity contribution in [2.24, 2.45) is 5.92 Å². The lowest BCUT2D eigenvalue weighted by atomic mass is 10.1. The van der Waals surface area contributed by atoms with Gasteiger partial charge in [0.2, 0.25) is 5.91 Å². The van der Waals surface area contributed by atoms with Gasteiger partial charge in [-0.3, -0.25) is 4.79 Å². The van der Waals surface area contributed by atoms with E-state index in [0.717, 1.165) is 5.56 Å². The second kappa shape index (κ2) is 8.96. The SMILES string of the molecule is COC(=O)c1cn(C(CC(C)C)NC(=O)CCc2ccccc2)nn1. The number of hydrogen-bond donors (Lipinski definition) is 1. The van der Waals surface area contributed by atoms with Crippen LogP contribution in [0.3, 0.4) is 0 Å². The number of carbonyl (C=O) groups is 2. The predicted molar refractivity (Wildman–Crippen MR) is 92.8 cm³/mol. The third-order valence-corrected chi connectivity index (χ3v) is 3.73. The van der Waals surface area contributed by atoms with Crippen LogP contribution in [0, 0.1) is 5.92 Å². The van der Waals surface area contributed by atoms with Crippen LogP contribution in [-0.4, -0.2) is 34.0 Å². The Morgan fingerprint density at radius 2 is 1.96 bits per heavy atom. The number of methoxy groups -OCH3 is 1. The number of carbonyl (C=O) groups excluding carboxylic acids is 2. The number of amides is 1. The maximum atomic E-state index is 12.3. The van der Waals surface area contributed by atoms with Gasteiger partial charge in [-0.25, -0.2) is 9.48 Å². The molecule has 0 fully saturated rings. The van der Waals surface area contributed by atoms with Gasteiger partial charge in [-0.1, -0.05) is 49.4 Å². The zero-order valence-corrected chi connectivity index (χ0v) is 14.8. The molecule has 1 aromatic carbocycles. The molecule has 0 saturated carbocycles. The lowest BCUT2D eigenvalue weighted by Gasteiger charge is -2.20. The van der Waals surface area contributed by atoms with E-state index < -0.39 is 5.97 Å². The van der Waals surface area contributed by atoms with Crippen LogP contribution in [0.1, 0.15) is 48.9 Å².